The lowest BCUT2D eigenvalue weighted by Gasteiger charge is -2.27. The molecule has 0 bridgehead atoms. The van der Waals surface area contributed by atoms with Gasteiger partial charge < -0.3 is 10.3 Å². The first-order valence-corrected chi connectivity index (χ1v) is 4.36. The van der Waals surface area contributed by atoms with Crippen molar-refractivity contribution < 1.29 is 9.84 Å². The molecule has 0 amide bonds. The molecule has 3 nitrogen and oxygen atoms in total. The van der Waals surface area contributed by atoms with Gasteiger partial charge in [0.1, 0.15) is 0 Å². The average Bonchev–Trinajstić information content (AvgIpc) is 2.04. The normalized spacial score (nSPS) is 15.8. The number of hydrogen-bond acceptors (Lipinski definition) is 2. The zero-order valence-electron chi connectivity index (χ0n) is 8.19. The highest BCUT2D eigenvalue weighted by Gasteiger charge is 2.27. The van der Waals surface area contributed by atoms with E-state index >= 15 is 0 Å². The Bertz CT molecular complexity index is 277. The van der Waals surface area contributed by atoms with Crippen molar-refractivity contribution in [1.29, 1.82) is 0 Å². The second-order valence-corrected chi connectivity index (χ2v) is 3.75. The van der Waals surface area contributed by atoms with E-state index in [-0.39, 0.29) is 5.92 Å². The SMILES string of the molecule is CC(C)C(C)(O)c1cc[n+]([O-])cc1. The van der Waals surface area contributed by atoms with E-state index in [0.29, 0.717) is 4.73 Å². The summed E-state index contributed by atoms with van der Waals surface area (Å²) in [7, 11) is 0. The van der Waals surface area contributed by atoms with Crippen LogP contribution in [0.1, 0.15) is 26.3 Å². The fourth-order valence-corrected chi connectivity index (χ4v) is 1.08. The summed E-state index contributed by atoms with van der Waals surface area (Å²) in [5.74, 6) is 0.120. The Morgan fingerprint density at radius 2 is 1.85 bits per heavy atom. The molecule has 0 aromatic carbocycles. The quantitative estimate of drug-likeness (QED) is 0.550. The number of hydrogen-bond donors (Lipinski definition) is 1. The van der Waals surface area contributed by atoms with Crippen LogP contribution in [0.4, 0.5) is 0 Å². The van der Waals surface area contributed by atoms with Crippen molar-refractivity contribution in [3.8, 4) is 0 Å². The predicted molar refractivity (Wildman–Crippen MR) is 49.8 cm³/mol. The molecule has 1 unspecified atom stereocenters. The first-order chi connectivity index (χ1) is 5.94. The molecule has 0 fully saturated rings. The van der Waals surface area contributed by atoms with E-state index < -0.39 is 5.60 Å². The highest BCUT2D eigenvalue weighted by atomic mass is 16.5. The summed E-state index contributed by atoms with van der Waals surface area (Å²) < 4.78 is 0.708. The minimum absolute atomic E-state index is 0.120. The Morgan fingerprint density at radius 1 is 1.38 bits per heavy atom. The van der Waals surface area contributed by atoms with Crippen molar-refractivity contribution in [2.75, 3.05) is 0 Å². The van der Waals surface area contributed by atoms with Crippen molar-refractivity contribution in [3.05, 3.63) is 35.3 Å². The Labute approximate surface area is 78.2 Å². The van der Waals surface area contributed by atoms with Crippen LogP contribution < -0.4 is 4.73 Å². The number of pyridine rings is 1. The molecule has 0 aliphatic carbocycles. The van der Waals surface area contributed by atoms with Crippen LogP contribution in [0, 0.1) is 11.1 Å². The third-order valence-electron chi connectivity index (χ3n) is 2.51. The van der Waals surface area contributed by atoms with Crippen LogP contribution in [-0.4, -0.2) is 5.11 Å². The Kier molecular flexibility index (Phi) is 2.57. The summed E-state index contributed by atoms with van der Waals surface area (Å²) >= 11 is 0. The summed E-state index contributed by atoms with van der Waals surface area (Å²) in [6.45, 7) is 5.64. The molecule has 0 saturated carbocycles. The van der Waals surface area contributed by atoms with Crippen LogP contribution in [0.15, 0.2) is 24.5 Å². The van der Waals surface area contributed by atoms with E-state index in [2.05, 4.69) is 0 Å². The van der Waals surface area contributed by atoms with Gasteiger partial charge in [0, 0.05) is 12.1 Å². The third-order valence-corrected chi connectivity index (χ3v) is 2.51. The van der Waals surface area contributed by atoms with Crippen molar-refractivity contribution in [1.82, 2.24) is 0 Å². The van der Waals surface area contributed by atoms with Gasteiger partial charge in [0.05, 0.1) is 5.60 Å². The maximum atomic E-state index is 10.8. The monoisotopic (exact) mass is 181 g/mol. The van der Waals surface area contributed by atoms with Crippen LogP contribution in [0.2, 0.25) is 0 Å². The minimum atomic E-state index is -0.867. The van der Waals surface area contributed by atoms with Crippen LogP contribution in [-0.2, 0) is 5.60 Å². The molecule has 1 rings (SSSR count). The fraction of sp³-hybridized carbons (Fsp3) is 0.500. The van der Waals surface area contributed by atoms with Crippen LogP contribution in [0.25, 0.3) is 0 Å². The van der Waals surface area contributed by atoms with Crippen molar-refractivity contribution >= 4 is 0 Å². The molecule has 0 spiro atoms. The van der Waals surface area contributed by atoms with Gasteiger partial charge >= 0.3 is 0 Å². The van der Waals surface area contributed by atoms with Crippen molar-refractivity contribution in [2.45, 2.75) is 26.4 Å². The van der Waals surface area contributed by atoms with E-state index in [0.717, 1.165) is 5.56 Å². The topological polar surface area (TPSA) is 47.2 Å². The molecule has 1 heterocycles. The van der Waals surface area contributed by atoms with Gasteiger partial charge in [-0.05, 0) is 18.4 Å². The number of aliphatic hydroxyl groups is 1. The largest absolute Gasteiger partial charge is 0.619 e. The first kappa shape index (κ1) is 9.99. The first-order valence-electron chi connectivity index (χ1n) is 4.36. The van der Waals surface area contributed by atoms with Crippen LogP contribution in [0.5, 0.6) is 0 Å². The van der Waals surface area contributed by atoms with Gasteiger partial charge in [-0.2, -0.15) is 4.73 Å². The lowest BCUT2D eigenvalue weighted by molar-refractivity contribution is -0.605. The molecule has 1 aromatic heterocycles. The summed E-state index contributed by atoms with van der Waals surface area (Å²) in [6, 6.07) is 3.29. The number of nitrogens with zero attached hydrogens (tertiary/aromatic N) is 1. The molecule has 0 radical (unpaired) electrons. The van der Waals surface area contributed by atoms with Gasteiger partial charge in [-0.3, -0.25) is 0 Å². The van der Waals surface area contributed by atoms with E-state index in [1.165, 1.54) is 12.4 Å². The van der Waals surface area contributed by atoms with Gasteiger partial charge in [-0.1, -0.05) is 13.8 Å². The molecular weight excluding hydrogens is 166 g/mol. The fourth-order valence-electron chi connectivity index (χ4n) is 1.08. The maximum absolute atomic E-state index is 10.8. The molecule has 13 heavy (non-hydrogen) atoms. The molecule has 1 aromatic rings. The minimum Gasteiger partial charge on any atom is -0.619 e. The average molecular weight is 181 g/mol. The molecule has 72 valence electrons. The second kappa shape index (κ2) is 3.34. The van der Waals surface area contributed by atoms with Crippen LogP contribution in [0.3, 0.4) is 0 Å². The summed E-state index contributed by atoms with van der Waals surface area (Å²) in [5, 5.41) is 20.8. The van der Waals surface area contributed by atoms with E-state index in [4.69, 9.17) is 0 Å². The molecule has 1 atom stereocenters. The number of aromatic nitrogens is 1. The van der Waals surface area contributed by atoms with E-state index in [1.54, 1.807) is 19.1 Å². The van der Waals surface area contributed by atoms with E-state index in [9.17, 15) is 10.3 Å². The molecule has 0 aliphatic rings. The van der Waals surface area contributed by atoms with E-state index in [1.807, 2.05) is 13.8 Å². The smallest absolute Gasteiger partial charge is 0.180 e. The third kappa shape index (κ3) is 1.98. The molecular formula is C10H15NO2. The highest BCUT2D eigenvalue weighted by molar-refractivity contribution is 5.17. The number of rotatable bonds is 2. The zero-order valence-corrected chi connectivity index (χ0v) is 8.19. The van der Waals surface area contributed by atoms with Gasteiger partial charge in [-0.15, -0.1) is 0 Å². The Morgan fingerprint density at radius 3 is 2.23 bits per heavy atom. The summed E-state index contributed by atoms with van der Waals surface area (Å²) in [5.41, 5.74) is -0.0940. The van der Waals surface area contributed by atoms with Gasteiger partial charge in [0.2, 0.25) is 0 Å². The zero-order chi connectivity index (χ0) is 10.1. The van der Waals surface area contributed by atoms with Gasteiger partial charge in [0.15, 0.2) is 12.4 Å². The molecule has 1 N–H and O–H groups in total. The van der Waals surface area contributed by atoms with Gasteiger partial charge in [-0.25, -0.2) is 0 Å². The second-order valence-electron chi connectivity index (χ2n) is 3.75. The lowest BCUT2D eigenvalue weighted by Crippen LogP contribution is -2.31. The Hall–Kier alpha value is -1.09. The predicted octanol–water partition coefficient (Wildman–Crippen LogP) is 1.18. The molecule has 0 saturated heterocycles. The summed E-state index contributed by atoms with van der Waals surface area (Å²) in [4.78, 5) is 0. The lowest BCUT2D eigenvalue weighted by atomic mass is 9.86. The molecule has 3 heteroatoms. The molecule has 0 aliphatic heterocycles. The summed E-state index contributed by atoms with van der Waals surface area (Å²) in [6.07, 6.45) is 2.79. The maximum Gasteiger partial charge on any atom is 0.180 e. The Balaban J connectivity index is 3.01. The van der Waals surface area contributed by atoms with Crippen molar-refractivity contribution in [2.24, 2.45) is 5.92 Å². The standard InChI is InChI=1S/C10H15NO2/c1-8(2)10(3,12)9-4-6-11(13)7-5-9/h4-8,12H,1-3H3. The van der Waals surface area contributed by atoms with Gasteiger partial charge in [0.25, 0.3) is 0 Å². The highest BCUT2D eigenvalue weighted by Crippen LogP contribution is 2.27. The van der Waals surface area contributed by atoms with Crippen LogP contribution >= 0.6 is 0 Å². The van der Waals surface area contributed by atoms with Crippen molar-refractivity contribution in [3.63, 3.8) is 0 Å².